The molecule has 1 aromatic carbocycles. The van der Waals surface area contributed by atoms with E-state index < -0.39 is 35.2 Å². The van der Waals surface area contributed by atoms with Crippen molar-refractivity contribution in [3.63, 3.8) is 0 Å². The predicted molar refractivity (Wildman–Crippen MR) is 120 cm³/mol. The lowest BCUT2D eigenvalue weighted by Gasteiger charge is -2.49. The molecule has 0 aliphatic carbocycles. The number of aromatic nitrogens is 3. The number of phenolic OH excluding ortho intramolecular Hbond substituents is 1. The number of phenols is 1. The van der Waals surface area contributed by atoms with Crippen molar-refractivity contribution in [1.82, 2.24) is 25.6 Å². The number of aromatic amines is 1. The van der Waals surface area contributed by atoms with Gasteiger partial charge in [-0.15, -0.1) is 16.9 Å². The van der Waals surface area contributed by atoms with Crippen LogP contribution in [0.25, 0.3) is 0 Å². The molecule has 0 spiro atoms. The number of hydrogen-bond donors (Lipinski definition) is 5. The van der Waals surface area contributed by atoms with Gasteiger partial charge < -0.3 is 21.3 Å². The second-order valence-electron chi connectivity index (χ2n) is 6.94. The molecule has 6 N–H and O–H groups in total. The Morgan fingerprint density at radius 1 is 1.47 bits per heavy atom. The smallest absolute Gasteiger partial charge is 0.352 e. The summed E-state index contributed by atoms with van der Waals surface area (Å²) in [5, 5.41) is 32.1. The Hall–Kier alpha value is -2.55. The van der Waals surface area contributed by atoms with E-state index in [4.69, 9.17) is 5.73 Å². The number of carboxylic acid groups (broad SMARTS) is 1. The number of nitrogens with zero attached hydrogens (tertiary/aromatic N) is 3. The summed E-state index contributed by atoms with van der Waals surface area (Å²) >= 11 is 5.86. The maximum absolute atomic E-state index is 12.8. The number of benzene rings is 1. The SMILES string of the molecule is NC(C(=O)NC1C(=O)N2C(C(=O)O)=C(CSc3c[nH]nn3)CS[C@H]12)c1ccc(O)c(Br)c1. The Balaban J connectivity index is 1.45. The van der Waals surface area contributed by atoms with Crippen molar-refractivity contribution in [2.45, 2.75) is 22.5 Å². The number of halogens is 1. The van der Waals surface area contributed by atoms with E-state index in [2.05, 4.69) is 36.7 Å². The summed E-state index contributed by atoms with van der Waals surface area (Å²) < 4.78 is 0.388. The number of nitrogens with two attached hydrogens (primary N) is 1. The molecular weight excluding hydrogens is 524 g/mol. The monoisotopic (exact) mass is 540 g/mol. The van der Waals surface area contributed by atoms with Crippen molar-refractivity contribution >= 4 is 57.2 Å². The molecule has 1 aromatic heterocycles. The molecule has 0 saturated carbocycles. The molecule has 11 nitrogen and oxygen atoms in total. The van der Waals surface area contributed by atoms with Crippen LogP contribution < -0.4 is 11.1 Å². The first-order valence-corrected chi connectivity index (χ1v) is 12.0. The third-order valence-electron chi connectivity index (χ3n) is 4.95. The topological polar surface area (TPSA) is 175 Å². The fraction of sp³-hybridized carbons (Fsp3) is 0.278. The fourth-order valence-corrected chi connectivity index (χ4v) is 6.00. The number of thioether (sulfide) groups is 2. The molecule has 32 heavy (non-hydrogen) atoms. The number of amides is 2. The first-order chi connectivity index (χ1) is 15.3. The van der Waals surface area contributed by atoms with Crippen LogP contribution in [0.15, 0.2) is 45.2 Å². The molecule has 14 heteroatoms. The molecule has 0 bridgehead atoms. The molecule has 2 aliphatic rings. The Kier molecular flexibility index (Phi) is 6.46. The van der Waals surface area contributed by atoms with Crippen LogP contribution in [0.3, 0.4) is 0 Å². The quantitative estimate of drug-likeness (QED) is 0.249. The van der Waals surface area contributed by atoms with E-state index in [1.165, 1.54) is 46.6 Å². The Labute approximate surface area is 198 Å². The first-order valence-electron chi connectivity index (χ1n) is 9.21. The number of β-lactam (4-membered cyclic amide) rings is 1. The number of fused-ring (bicyclic) bond motifs is 1. The highest BCUT2D eigenvalue weighted by atomic mass is 79.9. The maximum atomic E-state index is 12.8. The molecular formula is C18H17BrN6O5S2. The zero-order valence-electron chi connectivity index (χ0n) is 16.2. The highest BCUT2D eigenvalue weighted by molar-refractivity contribution is 9.10. The number of carbonyl (C=O) groups excluding carboxylic acids is 2. The molecule has 3 atom stereocenters. The number of H-pyrrole nitrogens is 1. The standard InChI is InChI=1S/C18H17BrN6O5S2/c19-9-3-7(1-2-10(9)26)12(20)15(27)22-13-16(28)25-14(18(29)30)8(6-32-17(13)25)5-31-11-4-21-24-23-11/h1-4,12-13,17,26H,5-6,20H2,(H,22,27)(H,29,30)(H,21,23,24)/t12?,13?,17-/m1/s1. The van der Waals surface area contributed by atoms with E-state index in [-0.39, 0.29) is 11.4 Å². The maximum Gasteiger partial charge on any atom is 0.352 e. The van der Waals surface area contributed by atoms with Gasteiger partial charge in [-0.05, 0) is 39.2 Å². The van der Waals surface area contributed by atoms with Crippen LogP contribution >= 0.6 is 39.5 Å². The second-order valence-corrected chi connectivity index (χ2v) is 9.90. The number of carbonyl (C=O) groups is 3. The van der Waals surface area contributed by atoms with Gasteiger partial charge >= 0.3 is 5.97 Å². The molecule has 1 saturated heterocycles. The van der Waals surface area contributed by atoms with Crippen molar-refractivity contribution in [3.05, 3.63) is 45.7 Å². The molecule has 2 amide bonds. The first kappa shape index (κ1) is 22.6. The number of aromatic hydroxyl groups is 1. The molecule has 2 aliphatic heterocycles. The van der Waals surface area contributed by atoms with Gasteiger partial charge in [-0.2, -0.15) is 0 Å². The van der Waals surface area contributed by atoms with Gasteiger partial charge in [0.05, 0.1) is 10.7 Å². The molecule has 3 heterocycles. The Bertz CT molecular complexity index is 1110. The number of carboxylic acids is 1. The summed E-state index contributed by atoms with van der Waals surface area (Å²) in [6.07, 6.45) is 1.60. The summed E-state index contributed by atoms with van der Waals surface area (Å²) in [5.41, 5.74) is 7.00. The van der Waals surface area contributed by atoms with Gasteiger partial charge in [-0.3, -0.25) is 19.6 Å². The fourth-order valence-electron chi connectivity index (χ4n) is 3.33. The minimum Gasteiger partial charge on any atom is -0.507 e. The van der Waals surface area contributed by atoms with Crippen LogP contribution in [0.4, 0.5) is 0 Å². The molecule has 2 aromatic rings. The van der Waals surface area contributed by atoms with Crippen LogP contribution in [-0.4, -0.2) is 71.2 Å². The zero-order valence-corrected chi connectivity index (χ0v) is 19.4. The largest absolute Gasteiger partial charge is 0.507 e. The van der Waals surface area contributed by atoms with Gasteiger partial charge in [0.15, 0.2) is 0 Å². The van der Waals surface area contributed by atoms with Gasteiger partial charge in [0.25, 0.3) is 5.91 Å². The summed E-state index contributed by atoms with van der Waals surface area (Å²) in [6.45, 7) is 0. The highest BCUT2D eigenvalue weighted by Gasteiger charge is 2.54. The Morgan fingerprint density at radius 2 is 2.25 bits per heavy atom. The van der Waals surface area contributed by atoms with Crippen LogP contribution in [-0.2, 0) is 14.4 Å². The minimum atomic E-state index is -1.20. The van der Waals surface area contributed by atoms with Crippen LogP contribution in [0.2, 0.25) is 0 Å². The lowest BCUT2D eigenvalue weighted by atomic mass is 10.0. The van der Waals surface area contributed by atoms with E-state index in [1.54, 1.807) is 6.20 Å². The van der Waals surface area contributed by atoms with E-state index in [0.29, 0.717) is 32.1 Å². The third kappa shape index (κ3) is 4.22. The number of hydrogen-bond acceptors (Lipinski definition) is 9. The van der Waals surface area contributed by atoms with Gasteiger partial charge in [-0.1, -0.05) is 23.0 Å². The highest BCUT2D eigenvalue weighted by Crippen LogP contribution is 2.41. The van der Waals surface area contributed by atoms with E-state index in [9.17, 15) is 24.6 Å². The van der Waals surface area contributed by atoms with E-state index in [0.717, 1.165) is 0 Å². The van der Waals surface area contributed by atoms with Gasteiger partial charge in [0.1, 0.15) is 33.9 Å². The lowest BCUT2D eigenvalue weighted by Crippen LogP contribution is -2.71. The summed E-state index contributed by atoms with van der Waals surface area (Å²) in [6, 6.07) is 2.50. The van der Waals surface area contributed by atoms with Crippen molar-refractivity contribution in [2.75, 3.05) is 11.5 Å². The molecule has 1 fully saturated rings. The molecule has 0 radical (unpaired) electrons. The van der Waals surface area contributed by atoms with Crippen molar-refractivity contribution in [1.29, 1.82) is 0 Å². The van der Waals surface area contributed by atoms with Crippen LogP contribution in [0.5, 0.6) is 5.75 Å². The molecule has 4 rings (SSSR count). The number of rotatable bonds is 7. The van der Waals surface area contributed by atoms with Crippen molar-refractivity contribution in [3.8, 4) is 5.75 Å². The van der Waals surface area contributed by atoms with Gasteiger partial charge in [0.2, 0.25) is 5.91 Å². The van der Waals surface area contributed by atoms with Crippen LogP contribution in [0.1, 0.15) is 11.6 Å². The number of aliphatic carboxylic acids is 1. The average molecular weight is 541 g/mol. The minimum absolute atomic E-state index is 0.00952. The van der Waals surface area contributed by atoms with Gasteiger partial charge in [-0.25, -0.2) is 4.79 Å². The average Bonchev–Trinajstić information content (AvgIpc) is 3.30. The lowest BCUT2D eigenvalue weighted by molar-refractivity contribution is -0.150. The number of nitrogens with one attached hydrogen (secondary N) is 2. The van der Waals surface area contributed by atoms with Crippen molar-refractivity contribution < 1.29 is 24.6 Å². The molecule has 2 unspecified atom stereocenters. The van der Waals surface area contributed by atoms with E-state index >= 15 is 0 Å². The van der Waals surface area contributed by atoms with E-state index in [1.807, 2.05) is 0 Å². The normalized spacial score (nSPS) is 21.1. The third-order valence-corrected chi connectivity index (χ3v) is 7.91. The van der Waals surface area contributed by atoms with Crippen molar-refractivity contribution in [2.24, 2.45) is 5.73 Å². The van der Waals surface area contributed by atoms with Crippen LogP contribution in [0, 0.1) is 0 Å². The zero-order chi connectivity index (χ0) is 23.0. The predicted octanol–water partition coefficient (Wildman–Crippen LogP) is 0.804. The second kappa shape index (κ2) is 9.13. The van der Waals surface area contributed by atoms with Gasteiger partial charge in [0, 0.05) is 11.5 Å². The summed E-state index contributed by atoms with van der Waals surface area (Å²) in [4.78, 5) is 38.5. The molecule has 168 valence electrons. The summed E-state index contributed by atoms with van der Waals surface area (Å²) in [5.74, 6) is -1.53. The summed E-state index contributed by atoms with van der Waals surface area (Å²) in [7, 11) is 0. The Morgan fingerprint density at radius 3 is 2.91 bits per heavy atom.